The second kappa shape index (κ2) is 7.29. The van der Waals surface area contributed by atoms with E-state index in [9.17, 15) is 4.79 Å². The average Bonchev–Trinajstić information content (AvgIpc) is 2.30. The highest BCUT2D eigenvalue weighted by molar-refractivity contribution is 5.92. The minimum absolute atomic E-state index is 0.0539. The van der Waals surface area contributed by atoms with Crippen molar-refractivity contribution in [1.29, 1.82) is 0 Å². The lowest BCUT2D eigenvalue weighted by atomic mass is 10.2. The van der Waals surface area contributed by atoms with Crippen LogP contribution in [0.2, 0.25) is 0 Å². The Morgan fingerprint density at radius 2 is 1.74 bits per heavy atom. The number of aryl methyl sites for hydroxylation is 1. The minimum Gasteiger partial charge on any atom is -0.325 e. The third-order valence-electron chi connectivity index (χ3n) is 3.01. The summed E-state index contributed by atoms with van der Waals surface area (Å²) in [5.74, 6) is 0.618. The molecule has 0 atom stereocenters. The highest BCUT2D eigenvalue weighted by Crippen LogP contribution is 2.09. The molecule has 0 radical (unpaired) electrons. The van der Waals surface area contributed by atoms with Crippen molar-refractivity contribution >= 4 is 11.6 Å². The summed E-state index contributed by atoms with van der Waals surface area (Å²) in [7, 11) is 0. The van der Waals surface area contributed by atoms with Crippen LogP contribution in [0.3, 0.4) is 0 Å². The monoisotopic (exact) mass is 262 g/mol. The quantitative estimate of drug-likeness (QED) is 0.853. The number of nitrogens with zero attached hydrogens (tertiary/aromatic N) is 1. The molecule has 3 nitrogen and oxygen atoms in total. The maximum atomic E-state index is 12.0. The number of benzene rings is 1. The average molecular weight is 262 g/mol. The molecule has 0 aromatic heterocycles. The second-order valence-electron chi connectivity index (χ2n) is 5.83. The predicted octanol–water partition coefficient (Wildman–Crippen LogP) is 3.30. The fourth-order valence-electron chi connectivity index (χ4n) is 1.95. The van der Waals surface area contributed by atoms with Gasteiger partial charge in [-0.2, -0.15) is 0 Å². The third-order valence-corrected chi connectivity index (χ3v) is 3.01. The van der Waals surface area contributed by atoms with Crippen molar-refractivity contribution in [1.82, 2.24) is 4.90 Å². The molecule has 0 aliphatic rings. The first-order valence-corrected chi connectivity index (χ1v) is 6.99. The first-order valence-electron chi connectivity index (χ1n) is 6.99. The zero-order chi connectivity index (χ0) is 14.4. The van der Waals surface area contributed by atoms with E-state index in [2.05, 4.69) is 37.9 Å². The molecule has 1 aromatic rings. The number of anilines is 1. The SMILES string of the molecule is Cc1ccc(NC(=O)CN(CC(C)C)C(C)C)cc1. The summed E-state index contributed by atoms with van der Waals surface area (Å²) < 4.78 is 0. The third kappa shape index (κ3) is 5.88. The molecule has 0 aliphatic carbocycles. The first kappa shape index (κ1) is 15.7. The van der Waals surface area contributed by atoms with Crippen molar-refractivity contribution in [2.24, 2.45) is 5.92 Å². The van der Waals surface area contributed by atoms with Gasteiger partial charge in [-0.3, -0.25) is 9.69 Å². The van der Waals surface area contributed by atoms with Gasteiger partial charge in [-0.15, -0.1) is 0 Å². The van der Waals surface area contributed by atoms with Crippen LogP contribution < -0.4 is 5.32 Å². The fraction of sp³-hybridized carbons (Fsp3) is 0.562. The molecule has 1 aromatic carbocycles. The Kier molecular flexibility index (Phi) is 6.03. The largest absolute Gasteiger partial charge is 0.325 e. The van der Waals surface area contributed by atoms with Gasteiger partial charge in [-0.25, -0.2) is 0 Å². The van der Waals surface area contributed by atoms with Crippen LogP contribution in [0.15, 0.2) is 24.3 Å². The molecule has 19 heavy (non-hydrogen) atoms. The lowest BCUT2D eigenvalue weighted by molar-refractivity contribution is -0.117. The van der Waals surface area contributed by atoms with Gasteiger partial charge in [0.15, 0.2) is 0 Å². The van der Waals surface area contributed by atoms with Crippen LogP contribution in [-0.4, -0.2) is 29.9 Å². The molecule has 106 valence electrons. The van der Waals surface area contributed by atoms with Gasteiger partial charge < -0.3 is 5.32 Å². The van der Waals surface area contributed by atoms with Crippen molar-refractivity contribution in [3.63, 3.8) is 0 Å². The van der Waals surface area contributed by atoms with Gasteiger partial charge in [0.25, 0.3) is 0 Å². The highest BCUT2D eigenvalue weighted by Gasteiger charge is 2.15. The fourth-order valence-corrected chi connectivity index (χ4v) is 1.95. The standard InChI is InChI=1S/C16H26N2O/c1-12(2)10-18(13(3)4)11-16(19)17-15-8-6-14(5)7-9-15/h6-9,12-13H,10-11H2,1-5H3,(H,17,19). The number of hydrogen-bond donors (Lipinski definition) is 1. The summed E-state index contributed by atoms with van der Waals surface area (Å²) in [6.45, 7) is 12.0. The van der Waals surface area contributed by atoms with Crippen molar-refractivity contribution in [2.45, 2.75) is 40.7 Å². The van der Waals surface area contributed by atoms with Gasteiger partial charge in [-0.1, -0.05) is 31.5 Å². The Bertz CT molecular complexity index is 396. The topological polar surface area (TPSA) is 32.3 Å². The Hall–Kier alpha value is -1.35. The van der Waals surface area contributed by atoms with Crippen LogP contribution in [0.1, 0.15) is 33.3 Å². The number of hydrogen-bond acceptors (Lipinski definition) is 2. The van der Waals surface area contributed by atoms with E-state index in [0.29, 0.717) is 18.5 Å². The van der Waals surface area contributed by atoms with Crippen LogP contribution in [-0.2, 0) is 4.79 Å². The van der Waals surface area contributed by atoms with E-state index in [4.69, 9.17) is 0 Å². The molecule has 0 unspecified atom stereocenters. The molecule has 1 rings (SSSR count). The zero-order valence-corrected chi connectivity index (χ0v) is 12.7. The van der Waals surface area contributed by atoms with E-state index in [1.54, 1.807) is 0 Å². The highest BCUT2D eigenvalue weighted by atomic mass is 16.2. The summed E-state index contributed by atoms with van der Waals surface area (Å²) in [5, 5.41) is 2.95. The van der Waals surface area contributed by atoms with Gasteiger partial charge in [0.1, 0.15) is 0 Å². The Morgan fingerprint density at radius 1 is 1.16 bits per heavy atom. The molecule has 1 amide bonds. The normalized spacial score (nSPS) is 11.4. The van der Waals surface area contributed by atoms with E-state index in [-0.39, 0.29) is 5.91 Å². The molecule has 3 heteroatoms. The van der Waals surface area contributed by atoms with Crippen LogP contribution in [0.25, 0.3) is 0 Å². The van der Waals surface area contributed by atoms with Gasteiger partial charge in [-0.05, 0) is 38.8 Å². The van der Waals surface area contributed by atoms with Gasteiger partial charge in [0, 0.05) is 18.3 Å². The smallest absolute Gasteiger partial charge is 0.238 e. The molecule has 0 saturated carbocycles. The Balaban J connectivity index is 2.55. The first-order chi connectivity index (χ1) is 8.88. The summed E-state index contributed by atoms with van der Waals surface area (Å²) in [4.78, 5) is 14.2. The Morgan fingerprint density at radius 3 is 2.21 bits per heavy atom. The molecule has 0 aliphatic heterocycles. The van der Waals surface area contributed by atoms with Crippen molar-refractivity contribution in [3.8, 4) is 0 Å². The minimum atomic E-state index is 0.0539. The van der Waals surface area contributed by atoms with Gasteiger partial charge >= 0.3 is 0 Å². The summed E-state index contributed by atoms with van der Waals surface area (Å²) >= 11 is 0. The van der Waals surface area contributed by atoms with E-state index in [1.165, 1.54) is 5.56 Å². The number of carbonyl (C=O) groups excluding carboxylic acids is 1. The Labute approximate surface area is 117 Å². The van der Waals surface area contributed by atoms with E-state index < -0.39 is 0 Å². The molecule has 0 bridgehead atoms. The van der Waals surface area contributed by atoms with Crippen LogP contribution >= 0.6 is 0 Å². The van der Waals surface area contributed by atoms with Gasteiger partial charge in [0.2, 0.25) is 5.91 Å². The van der Waals surface area contributed by atoms with Gasteiger partial charge in [0.05, 0.1) is 6.54 Å². The zero-order valence-electron chi connectivity index (χ0n) is 12.7. The number of nitrogens with one attached hydrogen (secondary N) is 1. The molecule has 0 spiro atoms. The number of amides is 1. The molecule has 0 fully saturated rings. The van der Waals surface area contributed by atoms with E-state index in [1.807, 2.05) is 31.2 Å². The summed E-state index contributed by atoms with van der Waals surface area (Å²) in [6, 6.07) is 8.27. The van der Waals surface area contributed by atoms with Crippen LogP contribution in [0, 0.1) is 12.8 Å². The lowest BCUT2D eigenvalue weighted by Crippen LogP contribution is -2.40. The lowest BCUT2D eigenvalue weighted by Gasteiger charge is -2.27. The maximum absolute atomic E-state index is 12.0. The predicted molar refractivity (Wildman–Crippen MR) is 81.4 cm³/mol. The van der Waals surface area contributed by atoms with Crippen LogP contribution in [0.5, 0.6) is 0 Å². The summed E-state index contributed by atoms with van der Waals surface area (Å²) in [5.41, 5.74) is 2.06. The molecular weight excluding hydrogens is 236 g/mol. The van der Waals surface area contributed by atoms with Crippen molar-refractivity contribution in [3.05, 3.63) is 29.8 Å². The molecule has 1 N–H and O–H groups in total. The molecule has 0 saturated heterocycles. The molecular formula is C16H26N2O. The number of rotatable bonds is 6. The molecule has 0 heterocycles. The van der Waals surface area contributed by atoms with Crippen molar-refractivity contribution in [2.75, 3.05) is 18.4 Å². The summed E-state index contributed by atoms with van der Waals surface area (Å²) in [6.07, 6.45) is 0. The second-order valence-corrected chi connectivity index (χ2v) is 5.83. The van der Waals surface area contributed by atoms with E-state index >= 15 is 0 Å². The maximum Gasteiger partial charge on any atom is 0.238 e. The van der Waals surface area contributed by atoms with Crippen molar-refractivity contribution < 1.29 is 4.79 Å². The van der Waals surface area contributed by atoms with Crippen LogP contribution in [0.4, 0.5) is 5.69 Å². The number of carbonyl (C=O) groups is 1. The van der Waals surface area contributed by atoms with E-state index in [0.717, 1.165) is 12.2 Å².